The quantitative estimate of drug-likeness (QED) is 0.851. The molecule has 1 fully saturated rings. The minimum Gasteiger partial charge on any atom is -0.369 e. The van der Waals surface area contributed by atoms with Crippen LogP contribution in [0.2, 0.25) is 0 Å². The zero-order valence-corrected chi connectivity index (χ0v) is 10.1. The summed E-state index contributed by atoms with van der Waals surface area (Å²) in [7, 11) is 0. The molecule has 1 aliphatic heterocycles. The van der Waals surface area contributed by atoms with Gasteiger partial charge in [-0.25, -0.2) is 4.39 Å². The van der Waals surface area contributed by atoms with Crippen molar-refractivity contribution in [2.24, 2.45) is 11.7 Å². The van der Waals surface area contributed by atoms with Gasteiger partial charge in [0.2, 0.25) is 5.91 Å². The lowest BCUT2D eigenvalue weighted by molar-refractivity contribution is -0.121. The molecule has 2 atom stereocenters. The van der Waals surface area contributed by atoms with Crippen molar-refractivity contribution in [1.29, 1.82) is 0 Å². The number of nitrogens with two attached hydrogens (primary N) is 1. The van der Waals surface area contributed by atoms with Crippen LogP contribution >= 0.6 is 0 Å². The van der Waals surface area contributed by atoms with Gasteiger partial charge in [0.15, 0.2) is 0 Å². The smallest absolute Gasteiger partial charge is 0.222 e. The number of carbonyl (C=O) groups is 1. The topological polar surface area (TPSA) is 46.3 Å². The summed E-state index contributed by atoms with van der Waals surface area (Å²) in [4.78, 5) is 13.4. The summed E-state index contributed by atoms with van der Waals surface area (Å²) in [5, 5.41) is 0. The average Bonchev–Trinajstić information content (AvgIpc) is 2.64. The predicted molar refractivity (Wildman–Crippen MR) is 65.2 cm³/mol. The predicted octanol–water partition coefficient (Wildman–Crippen LogP) is 1.83. The second-order valence-electron chi connectivity index (χ2n) is 4.67. The number of rotatable bonds is 2. The Labute approximate surface area is 100 Å². The van der Waals surface area contributed by atoms with E-state index in [2.05, 4.69) is 4.90 Å². The molecule has 0 radical (unpaired) electrons. The molecule has 2 N–H and O–H groups in total. The molecule has 0 spiro atoms. The third-order valence-electron chi connectivity index (χ3n) is 3.59. The Morgan fingerprint density at radius 3 is 2.76 bits per heavy atom. The van der Waals surface area contributed by atoms with Gasteiger partial charge in [-0.2, -0.15) is 0 Å². The SMILES string of the molecule is Cc1cc(N2CCC(C(N)=O)C2C)ccc1F. The molecule has 0 aliphatic carbocycles. The fourth-order valence-electron chi connectivity index (χ4n) is 2.49. The van der Waals surface area contributed by atoms with Gasteiger partial charge in [-0.05, 0) is 44.0 Å². The first kappa shape index (κ1) is 11.9. The Morgan fingerprint density at radius 2 is 2.24 bits per heavy atom. The van der Waals surface area contributed by atoms with E-state index in [0.717, 1.165) is 18.7 Å². The number of hydrogen-bond donors (Lipinski definition) is 1. The highest BCUT2D eigenvalue weighted by atomic mass is 19.1. The third kappa shape index (κ3) is 2.12. The summed E-state index contributed by atoms with van der Waals surface area (Å²) < 4.78 is 13.2. The van der Waals surface area contributed by atoms with Crippen molar-refractivity contribution < 1.29 is 9.18 Å². The van der Waals surface area contributed by atoms with Crippen LogP contribution in [0, 0.1) is 18.7 Å². The molecular formula is C13H17FN2O. The zero-order chi connectivity index (χ0) is 12.6. The van der Waals surface area contributed by atoms with E-state index in [1.165, 1.54) is 6.07 Å². The number of hydrogen-bond acceptors (Lipinski definition) is 2. The molecular weight excluding hydrogens is 219 g/mol. The van der Waals surface area contributed by atoms with Crippen LogP contribution in [0.1, 0.15) is 18.9 Å². The molecule has 0 saturated carbocycles. The van der Waals surface area contributed by atoms with Gasteiger partial charge in [0.05, 0.1) is 5.92 Å². The van der Waals surface area contributed by atoms with Crippen LogP contribution in [0.3, 0.4) is 0 Å². The second-order valence-corrected chi connectivity index (χ2v) is 4.67. The van der Waals surface area contributed by atoms with E-state index in [1.807, 2.05) is 13.0 Å². The molecule has 17 heavy (non-hydrogen) atoms. The first-order valence-electron chi connectivity index (χ1n) is 5.83. The van der Waals surface area contributed by atoms with Gasteiger partial charge in [-0.1, -0.05) is 0 Å². The standard InChI is InChI=1S/C13H17FN2O/c1-8-7-10(3-4-12(8)14)16-6-5-11(9(16)2)13(15)17/h3-4,7,9,11H,5-6H2,1-2H3,(H2,15,17). The number of primary amides is 1. The summed E-state index contributed by atoms with van der Waals surface area (Å²) in [6, 6.07) is 5.12. The van der Waals surface area contributed by atoms with E-state index in [0.29, 0.717) is 5.56 Å². The molecule has 92 valence electrons. The molecule has 3 nitrogen and oxygen atoms in total. The number of carbonyl (C=O) groups excluding carboxylic acids is 1. The van der Waals surface area contributed by atoms with Crippen LogP contribution < -0.4 is 10.6 Å². The number of benzene rings is 1. The minimum atomic E-state index is -0.251. The van der Waals surface area contributed by atoms with Gasteiger partial charge in [-0.15, -0.1) is 0 Å². The number of aryl methyl sites for hydroxylation is 1. The van der Waals surface area contributed by atoms with E-state index >= 15 is 0 Å². The fraction of sp³-hybridized carbons (Fsp3) is 0.462. The van der Waals surface area contributed by atoms with Crippen LogP contribution in [0.4, 0.5) is 10.1 Å². The van der Waals surface area contributed by atoms with Crippen LogP contribution in [-0.2, 0) is 4.79 Å². The summed E-state index contributed by atoms with van der Waals surface area (Å²) in [5.74, 6) is -0.564. The van der Waals surface area contributed by atoms with Gasteiger partial charge in [0.25, 0.3) is 0 Å². The highest BCUT2D eigenvalue weighted by molar-refractivity contribution is 5.79. The zero-order valence-electron chi connectivity index (χ0n) is 10.1. The molecule has 2 unspecified atom stereocenters. The summed E-state index contributed by atoms with van der Waals surface area (Å²) in [5.41, 5.74) is 6.94. The second kappa shape index (κ2) is 4.35. The number of nitrogens with zero attached hydrogens (tertiary/aromatic N) is 1. The average molecular weight is 236 g/mol. The summed E-state index contributed by atoms with van der Waals surface area (Å²) >= 11 is 0. The van der Waals surface area contributed by atoms with Crippen molar-refractivity contribution in [3.8, 4) is 0 Å². The van der Waals surface area contributed by atoms with Crippen molar-refractivity contribution in [3.05, 3.63) is 29.6 Å². The lowest BCUT2D eigenvalue weighted by atomic mass is 10.0. The Morgan fingerprint density at radius 1 is 1.53 bits per heavy atom. The molecule has 0 bridgehead atoms. The molecule has 1 aromatic rings. The lowest BCUT2D eigenvalue weighted by Crippen LogP contribution is -2.35. The maximum absolute atomic E-state index is 13.2. The summed E-state index contributed by atoms with van der Waals surface area (Å²) in [6.07, 6.45) is 0.771. The molecule has 1 amide bonds. The minimum absolute atomic E-state index is 0.0809. The van der Waals surface area contributed by atoms with E-state index in [1.54, 1.807) is 13.0 Å². The van der Waals surface area contributed by atoms with Gasteiger partial charge in [0, 0.05) is 18.3 Å². The Bertz CT molecular complexity index is 447. The highest BCUT2D eigenvalue weighted by Crippen LogP contribution is 2.30. The Kier molecular flexibility index (Phi) is 3.05. The van der Waals surface area contributed by atoms with Crippen molar-refractivity contribution in [1.82, 2.24) is 0 Å². The number of halogens is 1. The van der Waals surface area contributed by atoms with Crippen LogP contribution in [0.5, 0.6) is 0 Å². The molecule has 2 rings (SSSR count). The van der Waals surface area contributed by atoms with Crippen molar-refractivity contribution in [3.63, 3.8) is 0 Å². The van der Waals surface area contributed by atoms with Gasteiger partial charge >= 0.3 is 0 Å². The first-order chi connectivity index (χ1) is 8.00. The van der Waals surface area contributed by atoms with Crippen molar-refractivity contribution in [2.45, 2.75) is 26.3 Å². The van der Waals surface area contributed by atoms with E-state index in [4.69, 9.17) is 5.73 Å². The summed E-state index contributed by atoms with van der Waals surface area (Å²) in [6.45, 7) is 4.52. The molecule has 4 heteroatoms. The molecule has 1 aliphatic rings. The highest BCUT2D eigenvalue weighted by Gasteiger charge is 2.34. The largest absolute Gasteiger partial charge is 0.369 e. The van der Waals surface area contributed by atoms with Gasteiger partial charge in [0.1, 0.15) is 5.82 Å². The van der Waals surface area contributed by atoms with Crippen LogP contribution in [-0.4, -0.2) is 18.5 Å². The van der Waals surface area contributed by atoms with Crippen molar-refractivity contribution >= 4 is 11.6 Å². The molecule has 0 aromatic heterocycles. The van der Waals surface area contributed by atoms with Gasteiger partial charge in [-0.3, -0.25) is 4.79 Å². The van der Waals surface area contributed by atoms with Crippen molar-refractivity contribution in [2.75, 3.05) is 11.4 Å². The normalized spacial score (nSPS) is 24.1. The van der Waals surface area contributed by atoms with Crippen LogP contribution in [0.25, 0.3) is 0 Å². The molecule has 1 saturated heterocycles. The van der Waals surface area contributed by atoms with E-state index < -0.39 is 0 Å². The van der Waals surface area contributed by atoms with E-state index in [-0.39, 0.29) is 23.7 Å². The fourth-order valence-corrected chi connectivity index (χ4v) is 2.49. The lowest BCUT2D eigenvalue weighted by Gasteiger charge is -2.26. The maximum Gasteiger partial charge on any atom is 0.222 e. The van der Waals surface area contributed by atoms with Gasteiger partial charge < -0.3 is 10.6 Å². The number of anilines is 1. The number of amides is 1. The Hall–Kier alpha value is -1.58. The monoisotopic (exact) mass is 236 g/mol. The first-order valence-corrected chi connectivity index (χ1v) is 5.83. The van der Waals surface area contributed by atoms with E-state index in [9.17, 15) is 9.18 Å². The maximum atomic E-state index is 13.2. The molecule has 1 aromatic carbocycles. The Balaban J connectivity index is 2.24. The van der Waals surface area contributed by atoms with Crippen LogP contribution in [0.15, 0.2) is 18.2 Å². The third-order valence-corrected chi connectivity index (χ3v) is 3.59. The molecule has 1 heterocycles.